The van der Waals surface area contributed by atoms with Crippen LogP contribution in [-0.2, 0) is 14.3 Å². The zero-order valence-corrected chi connectivity index (χ0v) is 10.9. The van der Waals surface area contributed by atoms with Gasteiger partial charge in [-0.05, 0) is 13.3 Å². The van der Waals surface area contributed by atoms with Gasteiger partial charge in [-0.25, -0.2) is 4.79 Å². The third-order valence-electron chi connectivity index (χ3n) is 2.19. The highest BCUT2D eigenvalue weighted by Gasteiger charge is 2.76. The van der Waals surface area contributed by atoms with E-state index < -0.39 is 35.9 Å². The molecular formula is C10H12F7NO3. The van der Waals surface area contributed by atoms with Crippen LogP contribution in [0.15, 0.2) is 0 Å². The first kappa shape index (κ1) is 19.4. The lowest BCUT2D eigenvalue weighted by Gasteiger charge is -2.27. The standard InChI is InChI=1S/C10H12F7NO3/c1-3-4-21-6(19)5(2)18-7(20)8(11,12)9(13,14)10(15,16)17/h5H,3-4H2,1-2H3,(H,18,20)/t5-/m0/s1. The molecule has 0 aromatic rings. The second-order valence-corrected chi connectivity index (χ2v) is 4.01. The molecule has 0 fully saturated rings. The molecule has 11 heteroatoms. The van der Waals surface area contributed by atoms with Gasteiger partial charge in [-0.15, -0.1) is 0 Å². The molecule has 1 atom stereocenters. The summed E-state index contributed by atoms with van der Waals surface area (Å²) >= 11 is 0. The molecule has 0 radical (unpaired) electrons. The molecule has 4 nitrogen and oxygen atoms in total. The van der Waals surface area contributed by atoms with Gasteiger partial charge < -0.3 is 10.1 Å². The number of alkyl halides is 7. The van der Waals surface area contributed by atoms with Gasteiger partial charge in [0, 0.05) is 0 Å². The molecule has 0 saturated heterocycles. The summed E-state index contributed by atoms with van der Waals surface area (Å²) in [5.74, 6) is -16.8. The maximum absolute atomic E-state index is 12.9. The van der Waals surface area contributed by atoms with Gasteiger partial charge >= 0.3 is 24.0 Å². The number of halogens is 7. The zero-order chi connectivity index (χ0) is 17.1. The van der Waals surface area contributed by atoms with Crippen LogP contribution in [0.5, 0.6) is 0 Å². The van der Waals surface area contributed by atoms with E-state index >= 15 is 0 Å². The van der Waals surface area contributed by atoms with Gasteiger partial charge in [-0.1, -0.05) is 6.92 Å². The van der Waals surface area contributed by atoms with Gasteiger partial charge in [-0.3, -0.25) is 4.79 Å². The normalized spacial score (nSPS) is 14.5. The summed E-state index contributed by atoms with van der Waals surface area (Å²) in [6.07, 6.45) is -6.27. The van der Waals surface area contributed by atoms with Crippen molar-refractivity contribution in [3.8, 4) is 0 Å². The van der Waals surface area contributed by atoms with Gasteiger partial charge in [0.2, 0.25) is 0 Å². The van der Waals surface area contributed by atoms with E-state index in [1.165, 1.54) is 0 Å². The molecule has 0 saturated carbocycles. The van der Waals surface area contributed by atoms with Gasteiger partial charge in [0.1, 0.15) is 6.04 Å². The number of nitrogens with one attached hydrogen (secondary N) is 1. The Labute approximate surface area is 114 Å². The highest BCUT2D eigenvalue weighted by atomic mass is 19.4. The van der Waals surface area contributed by atoms with Crippen LogP contribution in [0.1, 0.15) is 20.3 Å². The number of hydrogen-bond donors (Lipinski definition) is 1. The Bertz CT molecular complexity index is 395. The molecule has 0 aliphatic carbocycles. The van der Waals surface area contributed by atoms with Crippen molar-refractivity contribution in [2.24, 2.45) is 0 Å². The van der Waals surface area contributed by atoms with Crippen LogP contribution >= 0.6 is 0 Å². The molecule has 0 aromatic heterocycles. The summed E-state index contributed by atoms with van der Waals surface area (Å²) in [6, 6.07) is -1.81. The van der Waals surface area contributed by atoms with Crippen molar-refractivity contribution in [1.82, 2.24) is 5.32 Å². The predicted molar refractivity (Wildman–Crippen MR) is 54.8 cm³/mol. The molecule has 0 aromatic carbocycles. The first-order valence-corrected chi connectivity index (χ1v) is 5.59. The maximum Gasteiger partial charge on any atom is 0.460 e. The van der Waals surface area contributed by atoms with Gasteiger partial charge in [-0.2, -0.15) is 30.7 Å². The number of carbonyl (C=O) groups excluding carboxylic acids is 2. The molecule has 0 aliphatic rings. The van der Waals surface area contributed by atoms with Crippen molar-refractivity contribution in [3.63, 3.8) is 0 Å². The number of hydrogen-bond acceptors (Lipinski definition) is 3. The molecule has 0 spiro atoms. The molecule has 0 bridgehead atoms. The summed E-state index contributed by atoms with van der Waals surface area (Å²) in [4.78, 5) is 22.0. The van der Waals surface area contributed by atoms with Crippen molar-refractivity contribution < 1.29 is 45.1 Å². The summed E-state index contributed by atoms with van der Waals surface area (Å²) in [6.45, 7) is 2.26. The first-order valence-electron chi connectivity index (χ1n) is 5.59. The largest absolute Gasteiger partial charge is 0.464 e. The van der Waals surface area contributed by atoms with Crippen LogP contribution in [0.3, 0.4) is 0 Å². The zero-order valence-electron chi connectivity index (χ0n) is 10.9. The van der Waals surface area contributed by atoms with Crippen molar-refractivity contribution in [2.45, 2.75) is 44.3 Å². The van der Waals surface area contributed by atoms with Crippen molar-refractivity contribution >= 4 is 11.9 Å². The second-order valence-electron chi connectivity index (χ2n) is 4.01. The Kier molecular flexibility index (Phi) is 6.00. The third kappa shape index (κ3) is 4.21. The van der Waals surface area contributed by atoms with Crippen LogP contribution in [0.25, 0.3) is 0 Å². The van der Waals surface area contributed by atoms with E-state index in [-0.39, 0.29) is 6.61 Å². The van der Waals surface area contributed by atoms with E-state index in [4.69, 9.17) is 0 Å². The number of rotatable bonds is 6. The Morgan fingerprint density at radius 2 is 1.57 bits per heavy atom. The predicted octanol–water partition coefficient (Wildman–Crippen LogP) is 2.28. The van der Waals surface area contributed by atoms with E-state index in [1.54, 1.807) is 6.92 Å². The SMILES string of the molecule is CCCOC(=O)[C@H](C)NC(=O)C(F)(F)C(F)(F)C(F)(F)F. The van der Waals surface area contributed by atoms with Crippen LogP contribution in [-0.4, -0.2) is 42.5 Å². The van der Waals surface area contributed by atoms with E-state index in [1.807, 2.05) is 0 Å². The van der Waals surface area contributed by atoms with Crippen LogP contribution in [0, 0.1) is 0 Å². The number of carbonyl (C=O) groups is 2. The summed E-state index contributed by atoms with van der Waals surface area (Å²) in [5, 5.41) is 1.06. The lowest BCUT2D eigenvalue weighted by Crippen LogP contribution is -2.61. The molecule has 1 amide bonds. The lowest BCUT2D eigenvalue weighted by atomic mass is 10.1. The average Bonchev–Trinajstić information content (AvgIpc) is 2.33. The summed E-state index contributed by atoms with van der Waals surface area (Å²) in [5.41, 5.74) is 0. The van der Waals surface area contributed by atoms with E-state index in [9.17, 15) is 40.3 Å². The molecule has 0 aliphatic heterocycles. The topological polar surface area (TPSA) is 55.4 Å². The molecule has 124 valence electrons. The smallest absolute Gasteiger partial charge is 0.460 e. The second kappa shape index (κ2) is 6.48. The van der Waals surface area contributed by atoms with Crippen molar-refractivity contribution in [2.75, 3.05) is 6.61 Å². The third-order valence-corrected chi connectivity index (χ3v) is 2.19. The maximum atomic E-state index is 12.9. The highest BCUT2D eigenvalue weighted by Crippen LogP contribution is 2.46. The van der Waals surface area contributed by atoms with Crippen molar-refractivity contribution in [3.05, 3.63) is 0 Å². The minimum absolute atomic E-state index is 0.131. The fourth-order valence-electron chi connectivity index (χ4n) is 0.994. The quantitative estimate of drug-likeness (QED) is 0.601. The summed E-state index contributed by atoms with van der Waals surface area (Å²) in [7, 11) is 0. The fraction of sp³-hybridized carbons (Fsp3) is 0.800. The Balaban J connectivity index is 4.97. The molecular weight excluding hydrogens is 315 g/mol. The lowest BCUT2D eigenvalue weighted by molar-refractivity contribution is -0.344. The Morgan fingerprint density at radius 3 is 1.95 bits per heavy atom. The van der Waals surface area contributed by atoms with Crippen LogP contribution in [0.4, 0.5) is 30.7 Å². The van der Waals surface area contributed by atoms with Gasteiger partial charge in [0.05, 0.1) is 6.61 Å². The minimum atomic E-state index is -6.63. The Morgan fingerprint density at radius 1 is 1.10 bits per heavy atom. The van der Waals surface area contributed by atoms with Gasteiger partial charge in [0.25, 0.3) is 5.91 Å². The fourth-order valence-corrected chi connectivity index (χ4v) is 0.994. The van der Waals surface area contributed by atoms with E-state index in [2.05, 4.69) is 4.74 Å². The molecule has 0 rings (SSSR count). The first-order chi connectivity index (χ1) is 9.29. The molecule has 0 unspecified atom stereocenters. The number of ether oxygens (including phenoxy) is 1. The van der Waals surface area contributed by atoms with Gasteiger partial charge in [0.15, 0.2) is 0 Å². The van der Waals surface area contributed by atoms with E-state index in [0.29, 0.717) is 6.42 Å². The monoisotopic (exact) mass is 327 g/mol. The summed E-state index contributed by atoms with van der Waals surface area (Å²) < 4.78 is 90.9. The molecule has 1 N–H and O–H groups in total. The highest BCUT2D eigenvalue weighted by molar-refractivity contribution is 5.89. The van der Waals surface area contributed by atoms with Crippen LogP contribution < -0.4 is 5.32 Å². The number of esters is 1. The number of amides is 1. The van der Waals surface area contributed by atoms with Crippen LogP contribution in [0.2, 0.25) is 0 Å². The molecule has 0 heterocycles. The molecule has 21 heavy (non-hydrogen) atoms. The Hall–Kier alpha value is -1.55. The minimum Gasteiger partial charge on any atom is -0.464 e. The van der Waals surface area contributed by atoms with Crippen molar-refractivity contribution in [1.29, 1.82) is 0 Å². The van der Waals surface area contributed by atoms with E-state index in [0.717, 1.165) is 12.2 Å². The average molecular weight is 327 g/mol.